The molecule has 0 aliphatic rings. The molecule has 15 heavy (non-hydrogen) atoms. The molecule has 0 unspecified atom stereocenters. The molecule has 1 rings (SSSR count). The first-order valence-corrected chi connectivity index (χ1v) is 5.32. The Kier molecular flexibility index (Phi) is 5.12. The molecule has 0 fully saturated rings. The van der Waals surface area contributed by atoms with Crippen LogP contribution in [0.5, 0.6) is 5.75 Å². The van der Waals surface area contributed by atoms with Gasteiger partial charge in [0.1, 0.15) is 11.6 Å². The van der Waals surface area contributed by atoms with Gasteiger partial charge in [-0.3, -0.25) is 0 Å². The van der Waals surface area contributed by atoms with Crippen LogP contribution in [0.2, 0.25) is 0 Å². The van der Waals surface area contributed by atoms with Gasteiger partial charge in [-0.1, -0.05) is 6.07 Å². The van der Waals surface area contributed by atoms with Crippen molar-refractivity contribution in [3.63, 3.8) is 0 Å². The fourth-order valence-corrected chi connectivity index (χ4v) is 1.32. The Morgan fingerprint density at radius 3 is 2.87 bits per heavy atom. The molecule has 1 aromatic rings. The van der Waals surface area contributed by atoms with Crippen LogP contribution in [0.3, 0.4) is 0 Å². The third-order valence-corrected chi connectivity index (χ3v) is 2.12. The van der Waals surface area contributed by atoms with Crippen molar-refractivity contribution in [2.24, 2.45) is 5.73 Å². The molecule has 0 amide bonds. The van der Waals surface area contributed by atoms with Crippen LogP contribution >= 0.6 is 0 Å². The largest absolute Gasteiger partial charge is 0.493 e. The summed E-state index contributed by atoms with van der Waals surface area (Å²) in [6, 6.07) is 6.45. The molecular formula is C12H18FNO. The van der Waals surface area contributed by atoms with E-state index in [4.69, 9.17) is 10.5 Å². The highest BCUT2D eigenvalue weighted by molar-refractivity contribution is 5.22. The summed E-state index contributed by atoms with van der Waals surface area (Å²) in [4.78, 5) is 0. The Bertz CT molecular complexity index is 289. The SMILES string of the molecule is C[C@@H](N)CCCCOc1cccc(F)c1. The molecule has 1 atom stereocenters. The average Bonchev–Trinajstić information content (AvgIpc) is 2.17. The first-order chi connectivity index (χ1) is 7.18. The quantitative estimate of drug-likeness (QED) is 0.734. The van der Waals surface area contributed by atoms with Crippen LogP contribution in [0.4, 0.5) is 4.39 Å². The number of hydrogen-bond donors (Lipinski definition) is 1. The maximum absolute atomic E-state index is 12.8. The number of benzene rings is 1. The van der Waals surface area contributed by atoms with Crippen LogP contribution in [0.25, 0.3) is 0 Å². The van der Waals surface area contributed by atoms with Crippen molar-refractivity contribution in [3.05, 3.63) is 30.1 Å². The predicted molar refractivity (Wildman–Crippen MR) is 59.4 cm³/mol. The van der Waals surface area contributed by atoms with Gasteiger partial charge < -0.3 is 10.5 Å². The summed E-state index contributed by atoms with van der Waals surface area (Å²) in [5, 5.41) is 0. The van der Waals surface area contributed by atoms with Crippen molar-refractivity contribution < 1.29 is 9.13 Å². The van der Waals surface area contributed by atoms with Gasteiger partial charge in [0.2, 0.25) is 0 Å². The minimum atomic E-state index is -0.261. The molecule has 0 spiro atoms. The number of halogens is 1. The van der Waals surface area contributed by atoms with E-state index in [2.05, 4.69) is 0 Å². The molecule has 2 nitrogen and oxygen atoms in total. The van der Waals surface area contributed by atoms with Gasteiger partial charge in [-0.2, -0.15) is 0 Å². The van der Waals surface area contributed by atoms with Gasteiger partial charge in [-0.15, -0.1) is 0 Å². The average molecular weight is 211 g/mol. The topological polar surface area (TPSA) is 35.2 Å². The van der Waals surface area contributed by atoms with Crippen LogP contribution < -0.4 is 10.5 Å². The van der Waals surface area contributed by atoms with Gasteiger partial charge in [-0.05, 0) is 38.3 Å². The first kappa shape index (κ1) is 12.0. The standard InChI is InChI=1S/C12H18FNO/c1-10(14)5-2-3-8-15-12-7-4-6-11(13)9-12/h4,6-7,9-10H,2-3,5,8,14H2,1H3/t10-/m1/s1. The Morgan fingerprint density at radius 2 is 2.20 bits per heavy atom. The Morgan fingerprint density at radius 1 is 1.40 bits per heavy atom. The molecule has 0 bridgehead atoms. The Hall–Kier alpha value is -1.09. The van der Waals surface area contributed by atoms with Crippen molar-refractivity contribution in [1.82, 2.24) is 0 Å². The van der Waals surface area contributed by atoms with Crippen molar-refractivity contribution in [1.29, 1.82) is 0 Å². The Balaban J connectivity index is 2.15. The molecule has 0 aliphatic carbocycles. The van der Waals surface area contributed by atoms with Crippen LogP contribution in [0.15, 0.2) is 24.3 Å². The van der Waals surface area contributed by atoms with Crippen molar-refractivity contribution in [2.75, 3.05) is 6.61 Å². The second kappa shape index (κ2) is 6.40. The zero-order valence-corrected chi connectivity index (χ0v) is 9.08. The van der Waals surface area contributed by atoms with Gasteiger partial charge in [0, 0.05) is 12.1 Å². The summed E-state index contributed by atoms with van der Waals surface area (Å²) in [5.74, 6) is 0.332. The zero-order valence-electron chi connectivity index (χ0n) is 9.08. The van der Waals surface area contributed by atoms with E-state index in [0.29, 0.717) is 12.4 Å². The predicted octanol–water partition coefficient (Wildman–Crippen LogP) is 2.72. The third-order valence-electron chi connectivity index (χ3n) is 2.12. The molecule has 2 N–H and O–H groups in total. The van der Waals surface area contributed by atoms with Crippen molar-refractivity contribution in [3.8, 4) is 5.75 Å². The van der Waals surface area contributed by atoms with E-state index in [0.717, 1.165) is 19.3 Å². The van der Waals surface area contributed by atoms with E-state index < -0.39 is 0 Å². The highest BCUT2D eigenvalue weighted by Crippen LogP contribution is 2.12. The fourth-order valence-electron chi connectivity index (χ4n) is 1.32. The second-order valence-corrected chi connectivity index (χ2v) is 3.78. The summed E-state index contributed by atoms with van der Waals surface area (Å²) >= 11 is 0. The summed E-state index contributed by atoms with van der Waals surface area (Å²) in [5.41, 5.74) is 5.62. The van der Waals surface area contributed by atoms with Gasteiger partial charge in [0.15, 0.2) is 0 Å². The van der Waals surface area contributed by atoms with Crippen LogP contribution in [-0.2, 0) is 0 Å². The number of unbranched alkanes of at least 4 members (excludes halogenated alkanes) is 1. The zero-order chi connectivity index (χ0) is 11.1. The van der Waals surface area contributed by atoms with Crippen LogP contribution in [0.1, 0.15) is 26.2 Å². The fraction of sp³-hybridized carbons (Fsp3) is 0.500. The lowest BCUT2D eigenvalue weighted by atomic mass is 10.1. The molecule has 0 radical (unpaired) electrons. The van der Waals surface area contributed by atoms with Crippen molar-refractivity contribution in [2.45, 2.75) is 32.2 Å². The molecule has 0 aromatic heterocycles. The van der Waals surface area contributed by atoms with Crippen molar-refractivity contribution >= 4 is 0 Å². The van der Waals surface area contributed by atoms with E-state index in [1.54, 1.807) is 12.1 Å². The lowest BCUT2D eigenvalue weighted by molar-refractivity contribution is 0.302. The number of hydrogen-bond acceptors (Lipinski definition) is 2. The van der Waals surface area contributed by atoms with Crippen LogP contribution in [0, 0.1) is 5.82 Å². The third kappa shape index (κ3) is 5.37. The first-order valence-electron chi connectivity index (χ1n) is 5.32. The highest BCUT2D eigenvalue weighted by Gasteiger charge is 1.97. The summed E-state index contributed by atoms with van der Waals surface area (Å²) in [6.07, 6.45) is 3.01. The summed E-state index contributed by atoms with van der Waals surface area (Å²) in [6.45, 7) is 2.61. The number of rotatable bonds is 6. The minimum Gasteiger partial charge on any atom is -0.493 e. The van der Waals surface area contributed by atoms with E-state index >= 15 is 0 Å². The second-order valence-electron chi connectivity index (χ2n) is 3.78. The monoisotopic (exact) mass is 211 g/mol. The van der Waals surface area contributed by atoms with E-state index in [-0.39, 0.29) is 11.9 Å². The number of ether oxygens (including phenoxy) is 1. The molecule has 0 saturated carbocycles. The summed E-state index contributed by atoms with van der Waals surface area (Å²) in [7, 11) is 0. The number of nitrogens with two attached hydrogens (primary N) is 1. The van der Waals surface area contributed by atoms with E-state index in [1.807, 2.05) is 6.92 Å². The van der Waals surface area contributed by atoms with Gasteiger partial charge in [0.25, 0.3) is 0 Å². The molecule has 0 heterocycles. The van der Waals surface area contributed by atoms with Gasteiger partial charge in [-0.25, -0.2) is 4.39 Å². The minimum absolute atomic E-state index is 0.249. The molecule has 1 aromatic carbocycles. The molecule has 0 aliphatic heterocycles. The normalized spacial score (nSPS) is 12.5. The lowest BCUT2D eigenvalue weighted by Crippen LogP contribution is -2.14. The molecule has 0 saturated heterocycles. The van der Waals surface area contributed by atoms with Gasteiger partial charge in [0.05, 0.1) is 6.61 Å². The van der Waals surface area contributed by atoms with E-state index in [1.165, 1.54) is 12.1 Å². The highest BCUT2D eigenvalue weighted by atomic mass is 19.1. The van der Waals surface area contributed by atoms with Gasteiger partial charge >= 0.3 is 0 Å². The molecular weight excluding hydrogens is 193 g/mol. The molecule has 84 valence electrons. The van der Waals surface area contributed by atoms with E-state index in [9.17, 15) is 4.39 Å². The lowest BCUT2D eigenvalue weighted by Gasteiger charge is -2.07. The Labute approximate surface area is 90.2 Å². The smallest absolute Gasteiger partial charge is 0.126 e. The maximum Gasteiger partial charge on any atom is 0.126 e. The maximum atomic E-state index is 12.8. The molecule has 3 heteroatoms. The summed E-state index contributed by atoms with van der Waals surface area (Å²) < 4.78 is 18.1. The van der Waals surface area contributed by atoms with Crippen LogP contribution in [-0.4, -0.2) is 12.6 Å².